The van der Waals surface area contributed by atoms with Crippen LogP contribution in [-0.4, -0.2) is 20.7 Å². The highest BCUT2D eigenvalue weighted by atomic mass is 32.2. The molecule has 0 saturated heterocycles. The van der Waals surface area contributed by atoms with Gasteiger partial charge in [0.05, 0.1) is 16.1 Å². The molecule has 0 fully saturated rings. The molecule has 8 heteroatoms. The molecule has 3 aromatic rings. The molecule has 0 spiro atoms. The van der Waals surface area contributed by atoms with E-state index in [1.165, 1.54) is 30.8 Å². The van der Waals surface area contributed by atoms with E-state index in [1.807, 2.05) is 30.3 Å². The van der Waals surface area contributed by atoms with Crippen LogP contribution >= 0.6 is 11.8 Å². The second-order valence-electron chi connectivity index (χ2n) is 5.33. The third-order valence-electron chi connectivity index (χ3n) is 3.45. The van der Waals surface area contributed by atoms with Crippen molar-refractivity contribution >= 4 is 44.9 Å². The number of Topliss-reactive ketones (excluding diaryl/α,β-unsaturated/α-hetero) is 1. The molecule has 0 unspecified atom stereocenters. The normalized spacial score (nSPS) is 11.3. The molecule has 0 amide bonds. The standard InChI is InChI=1S/C18H14N4O3S/c1-12(23)18(21-20-14-7-3-8-15(11-14)22(24)25)26-16-9-2-5-13-6-4-10-19-17(13)16/h2-11,20H,1H3. The van der Waals surface area contributed by atoms with Crippen LogP contribution in [0.1, 0.15) is 6.92 Å². The van der Waals surface area contributed by atoms with Gasteiger partial charge in [-0.3, -0.25) is 25.3 Å². The maximum atomic E-state index is 12.0. The van der Waals surface area contributed by atoms with E-state index < -0.39 is 4.92 Å². The van der Waals surface area contributed by atoms with Crippen LogP contribution in [0.3, 0.4) is 0 Å². The first-order chi connectivity index (χ1) is 12.5. The summed E-state index contributed by atoms with van der Waals surface area (Å²) >= 11 is 1.20. The number of thioether (sulfide) groups is 1. The number of non-ortho nitro benzene ring substituents is 1. The number of benzene rings is 2. The molecule has 26 heavy (non-hydrogen) atoms. The van der Waals surface area contributed by atoms with Crippen molar-refractivity contribution in [3.63, 3.8) is 0 Å². The predicted molar refractivity (Wildman–Crippen MR) is 102 cm³/mol. The quantitative estimate of drug-likeness (QED) is 0.238. The first-order valence-corrected chi connectivity index (χ1v) is 8.47. The number of fused-ring (bicyclic) bond motifs is 1. The van der Waals surface area contributed by atoms with E-state index in [0.717, 1.165) is 15.8 Å². The Morgan fingerprint density at radius 3 is 2.73 bits per heavy atom. The van der Waals surface area contributed by atoms with Gasteiger partial charge in [-0.2, -0.15) is 5.10 Å². The molecule has 0 atom stereocenters. The number of carbonyl (C=O) groups excluding carboxylic acids is 1. The molecular weight excluding hydrogens is 352 g/mol. The Bertz CT molecular complexity index is 1010. The summed E-state index contributed by atoms with van der Waals surface area (Å²) in [4.78, 5) is 27.5. The summed E-state index contributed by atoms with van der Waals surface area (Å²) in [6, 6.07) is 15.4. The van der Waals surface area contributed by atoms with Crippen LogP contribution in [0.2, 0.25) is 0 Å². The predicted octanol–water partition coefficient (Wildman–Crippen LogP) is 4.25. The second-order valence-corrected chi connectivity index (χ2v) is 6.36. The van der Waals surface area contributed by atoms with Gasteiger partial charge in [-0.1, -0.05) is 36.0 Å². The van der Waals surface area contributed by atoms with E-state index in [-0.39, 0.29) is 16.5 Å². The van der Waals surface area contributed by atoms with Crippen LogP contribution in [0.25, 0.3) is 10.9 Å². The third-order valence-corrected chi connectivity index (χ3v) is 4.57. The highest BCUT2D eigenvalue weighted by molar-refractivity contribution is 8.15. The van der Waals surface area contributed by atoms with Gasteiger partial charge in [-0.05, 0) is 18.2 Å². The fraction of sp³-hybridized carbons (Fsp3) is 0.0556. The summed E-state index contributed by atoms with van der Waals surface area (Å²) in [5.74, 6) is -0.221. The zero-order valence-electron chi connectivity index (χ0n) is 13.7. The van der Waals surface area contributed by atoms with Crippen LogP contribution in [0.15, 0.2) is 70.8 Å². The molecule has 0 aliphatic rings. The van der Waals surface area contributed by atoms with Crippen molar-refractivity contribution in [2.24, 2.45) is 5.10 Å². The molecule has 3 rings (SSSR count). The number of anilines is 1. The van der Waals surface area contributed by atoms with Gasteiger partial charge in [0.15, 0.2) is 10.8 Å². The maximum Gasteiger partial charge on any atom is 0.271 e. The Balaban J connectivity index is 1.87. The fourth-order valence-corrected chi connectivity index (χ4v) is 3.10. The maximum absolute atomic E-state index is 12.0. The average molecular weight is 366 g/mol. The lowest BCUT2D eigenvalue weighted by atomic mass is 10.2. The Morgan fingerprint density at radius 1 is 1.19 bits per heavy atom. The number of hydrazone groups is 1. The Kier molecular flexibility index (Phi) is 5.23. The second kappa shape index (κ2) is 7.75. The van der Waals surface area contributed by atoms with Crippen molar-refractivity contribution in [3.8, 4) is 0 Å². The minimum atomic E-state index is -0.489. The Labute approximate surface area is 153 Å². The summed E-state index contributed by atoms with van der Waals surface area (Å²) in [5.41, 5.74) is 3.86. The van der Waals surface area contributed by atoms with Gasteiger partial charge in [-0.15, -0.1) is 0 Å². The summed E-state index contributed by atoms with van der Waals surface area (Å²) < 4.78 is 0. The number of carbonyl (C=O) groups is 1. The van der Waals surface area contributed by atoms with E-state index in [2.05, 4.69) is 15.5 Å². The molecule has 0 aliphatic carbocycles. The molecule has 2 aromatic carbocycles. The Morgan fingerprint density at radius 2 is 1.96 bits per heavy atom. The smallest absolute Gasteiger partial charge is 0.271 e. The van der Waals surface area contributed by atoms with Crippen molar-refractivity contribution < 1.29 is 9.72 Å². The highest BCUT2D eigenvalue weighted by Crippen LogP contribution is 2.28. The van der Waals surface area contributed by atoms with Crippen molar-refractivity contribution in [2.45, 2.75) is 11.8 Å². The van der Waals surface area contributed by atoms with E-state index >= 15 is 0 Å². The molecule has 1 aromatic heterocycles. The SMILES string of the molecule is CC(=O)C(=NNc1cccc([N+](=O)[O-])c1)Sc1cccc2cccnc12. The molecular formula is C18H14N4O3S. The van der Waals surface area contributed by atoms with Gasteiger partial charge in [0, 0.05) is 35.5 Å². The summed E-state index contributed by atoms with van der Waals surface area (Å²) in [5, 5.41) is 16.2. The van der Waals surface area contributed by atoms with E-state index in [4.69, 9.17) is 0 Å². The van der Waals surface area contributed by atoms with Crippen LogP contribution in [0.4, 0.5) is 11.4 Å². The number of aromatic nitrogens is 1. The molecule has 0 bridgehead atoms. The number of rotatable bonds is 5. The van der Waals surface area contributed by atoms with Crippen LogP contribution in [-0.2, 0) is 4.79 Å². The largest absolute Gasteiger partial charge is 0.292 e. The van der Waals surface area contributed by atoms with Crippen molar-refractivity contribution in [1.82, 2.24) is 4.98 Å². The van der Waals surface area contributed by atoms with Crippen molar-refractivity contribution in [1.29, 1.82) is 0 Å². The summed E-state index contributed by atoms with van der Waals surface area (Å²) in [7, 11) is 0. The van der Waals surface area contributed by atoms with Gasteiger partial charge < -0.3 is 0 Å². The van der Waals surface area contributed by atoms with E-state index in [0.29, 0.717) is 5.69 Å². The fourth-order valence-electron chi connectivity index (χ4n) is 2.24. The monoisotopic (exact) mass is 366 g/mol. The molecule has 0 radical (unpaired) electrons. The molecule has 0 saturated carbocycles. The van der Waals surface area contributed by atoms with Gasteiger partial charge in [-0.25, -0.2) is 0 Å². The number of pyridine rings is 1. The Hall–Kier alpha value is -3.26. The summed E-state index contributed by atoms with van der Waals surface area (Å²) in [6.07, 6.45) is 1.69. The van der Waals surface area contributed by atoms with Crippen molar-refractivity contribution in [3.05, 3.63) is 70.9 Å². The highest BCUT2D eigenvalue weighted by Gasteiger charge is 2.12. The van der Waals surface area contributed by atoms with E-state index in [1.54, 1.807) is 18.3 Å². The number of hydrogen-bond donors (Lipinski definition) is 1. The summed E-state index contributed by atoms with van der Waals surface area (Å²) in [6.45, 7) is 1.42. The minimum Gasteiger partial charge on any atom is -0.292 e. The molecule has 130 valence electrons. The van der Waals surface area contributed by atoms with Gasteiger partial charge in [0.2, 0.25) is 0 Å². The molecule has 7 nitrogen and oxygen atoms in total. The van der Waals surface area contributed by atoms with Crippen LogP contribution in [0.5, 0.6) is 0 Å². The number of nitro benzene ring substituents is 1. The first kappa shape index (κ1) is 17.6. The van der Waals surface area contributed by atoms with Gasteiger partial charge >= 0.3 is 0 Å². The number of nitrogens with zero attached hydrogens (tertiary/aromatic N) is 3. The zero-order valence-corrected chi connectivity index (χ0v) is 14.6. The molecule has 1 N–H and O–H groups in total. The lowest BCUT2D eigenvalue weighted by Crippen LogP contribution is -2.08. The minimum absolute atomic E-state index is 0.0551. The number of ketones is 1. The number of hydrogen-bond acceptors (Lipinski definition) is 7. The number of nitro groups is 1. The first-order valence-electron chi connectivity index (χ1n) is 7.65. The zero-order chi connectivity index (χ0) is 18.5. The lowest BCUT2D eigenvalue weighted by molar-refractivity contribution is -0.384. The number of para-hydroxylation sites is 1. The van der Waals surface area contributed by atoms with Crippen molar-refractivity contribution in [2.75, 3.05) is 5.43 Å². The average Bonchev–Trinajstić information content (AvgIpc) is 2.65. The van der Waals surface area contributed by atoms with E-state index in [9.17, 15) is 14.9 Å². The van der Waals surface area contributed by atoms with Crippen LogP contribution in [0, 0.1) is 10.1 Å². The topological polar surface area (TPSA) is 97.5 Å². The number of nitrogens with one attached hydrogen (secondary N) is 1. The molecule has 1 heterocycles. The van der Waals surface area contributed by atoms with Crippen LogP contribution < -0.4 is 5.43 Å². The van der Waals surface area contributed by atoms with Gasteiger partial charge in [0.25, 0.3) is 5.69 Å². The third kappa shape index (κ3) is 4.04. The molecule has 0 aliphatic heterocycles. The van der Waals surface area contributed by atoms with Gasteiger partial charge in [0.1, 0.15) is 0 Å². The lowest BCUT2D eigenvalue weighted by Gasteiger charge is -2.07.